The Morgan fingerprint density at radius 1 is 0.913 bits per heavy atom. The first kappa shape index (κ1) is 13.5. The SMILES string of the molecule is Nc1cc(-c2ccnc3c2CC(c2ccnc(N)c2)N3)ccn1. The molecule has 0 saturated carbocycles. The van der Waals surface area contributed by atoms with Gasteiger partial charge in [-0.25, -0.2) is 15.0 Å². The first-order valence-electron chi connectivity index (χ1n) is 7.38. The Morgan fingerprint density at radius 2 is 1.65 bits per heavy atom. The van der Waals surface area contributed by atoms with Crippen molar-refractivity contribution in [2.24, 2.45) is 0 Å². The maximum atomic E-state index is 5.81. The van der Waals surface area contributed by atoms with E-state index in [1.165, 1.54) is 5.56 Å². The van der Waals surface area contributed by atoms with Crippen LogP contribution in [0.1, 0.15) is 17.2 Å². The van der Waals surface area contributed by atoms with Gasteiger partial charge in [0.25, 0.3) is 0 Å². The van der Waals surface area contributed by atoms with Gasteiger partial charge in [-0.3, -0.25) is 0 Å². The van der Waals surface area contributed by atoms with Gasteiger partial charge >= 0.3 is 0 Å². The minimum absolute atomic E-state index is 0.142. The summed E-state index contributed by atoms with van der Waals surface area (Å²) >= 11 is 0. The fourth-order valence-corrected chi connectivity index (χ4v) is 3.01. The van der Waals surface area contributed by atoms with Crippen molar-refractivity contribution in [1.29, 1.82) is 0 Å². The predicted octanol–water partition coefficient (Wildman–Crippen LogP) is 2.41. The fourth-order valence-electron chi connectivity index (χ4n) is 3.01. The highest BCUT2D eigenvalue weighted by molar-refractivity contribution is 5.75. The molecule has 6 nitrogen and oxygen atoms in total. The first-order valence-corrected chi connectivity index (χ1v) is 7.38. The zero-order valence-electron chi connectivity index (χ0n) is 12.4. The van der Waals surface area contributed by atoms with Crippen LogP contribution in [0.2, 0.25) is 0 Å². The molecule has 3 aromatic heterocycles. The van der Waals surface area contributed by atoms with Crippen molar-refractivity contribution in [3.8, 4) is 11.1 Å². The zero-order chi connectivity index (χ0) is 15.8. The minimum atomic E-state index is 0.142. The highest BCUT2D eigenvalue weighted by Crippen LogP contribution is 2.38. The van der Waals surface area contributed by atoms with Gasteiger partial charge in [0.2, 0.25) is 0 Å². The van der Waals surface area contributed by atoms with E-state index < -0.39 is 0 Å². The molecule has 1 unspecified atom stereocenters. The average molecular weight is 304 g/mol. The first-order chi connectivity index (χ1) is 11.2. The molecular weight excluding hydrogens is 288 g/mol. The Hall–Kier alpha value is -3.15. The minimum Gasteiger partial charge on any atom is -0.384 e. The Morgan fingerprint density at radius 3 is 2.43 bits per heavy atom. The fraction of sp³-hybridized carbons (Fsp3) is 0.118. The number of pyridine rings is 3. The van der Waals surface area contributed by atoms with Gasteiger partial charge in [0, 0.05) is 30.6 Å². The Bertz CT molecular complexity index is 876. The molecule has 0 amide bonds. The number of aromatic nitrogens is 3. The van der Waals surface area contributed by atoms with Crippen molar-refractivity contribution < 1.29 is 0 Å². The number of nitrogens with one attached hydrogen (secondary N) is 1. The van der Waals surface area contributed by atoms with E-state index in [0.717, 1.165) is 28.9 Å². The number of nitrogens with two attached hydrogens (primary N) is 2. The summed E-state index contributed by atoms with van der Waals surface area (Å²) in [5.74, 6) is 1.94. The second kappa shape index (κ2) is 5.24. The molecule has 114 valence electrons. The van der Waals surface area contributed by atoms with Crippen molar-refractivity contribution in [2.75, 3.05) is 16.8 Å². The van der Waals surface area contributed by atoms with Gasteiger partial charge in [-0.05, 0) is 47.0 Å². The third-order valence-electron chi connectivity index (χ3n) is 4.07. The van der Waals surface area contributed by atoms with Crippen molar-refractivity contribution in [1.82, 2.24) is 15.0 Å². The highest BCUT2D eigenvalue weighted by Gasteiger charge is 2.26. The molecule has 0 saturated heterocycles. The number of fused-ring (bicyclic) bond motifs is 1. The summed E-state index contributed by atoms with van der Waals surface area (Å²) in [5.41, 5.74) is 16.1. The quantitative estimate of drug-likeness (QED) is 0.672. The molecule has 0 aromatic carbocycles. The van der Waals surface area contributed by atoms with Gasteiger partial charge in [-0.15, -0.1) is 0 Å². The van der Waals surface area contributed by atoms with Crippen LogP contribution in [0, 0.1) is 0 Å². The molecule has 1 atom stereocenters. The highest BCUT2D eigenvalue weighted by atomic mass is 15.0. The van der Waals surface area contributed by atoms with Crippen LogP contribution in [0.3, 0.4) is 0 Å². The summed E-state index contributed by atoms with van der Waals surface area (Å²) in [6.45, 7) is 0. The third kappa shape index (κ3) is 2.44. The smallest absolute Gasteiger partial charge is 0.130 e. The molecule has 4 heterocycles. The number of rotatable bonds is 2. The lowest BCUT2D eigenvalue weighted by Gasteiger charge is -2.11. The lowest BCUT2D eigenvalue weighted by Crippen LogP contribution is -2.07. The molecule has 1 aliphatic heterocycles. The lowest BCUT2D eigenvalue weighted by molar-refractivity contribution is 0.822. The second-order valence-corrected chi connectivity index (χ2v) is 5.57. The van der Waals surface area contributed by atoms with Crippen LogP contribution in [-0.2, 0) is 6.42 Å². The average Bonchev–Trinajstić information content (AvgIpc) is 2.99. The number of anilines is 3. The topological polar surface area (TPSA) is 103 Å². The molecule has 0 aliphatic carbocycles. The van der Waals surface area contributed by atoms with E-state index in [1.807, 2.05) is 30.3 Å². The van der Waals surface area contributed by atoms with Crippen LogP contribution < -0.4 is 16.8 Å². The number of nitrogen functional groups attached to an aromatic ring is 2. The van der Waals surface area contributed by atoms with Gasteiger partial charge in [-0.2, -0.15) is 0 Å². The van der Waals surface area contributed by atoms with E-state index in [-0.39, 0.29) is 6.04 Å². The molecule has 3 aromatic rings. The summed E-state index contributed by atoms with van der Waals surface area (Å²) in [4.78, 5) is 12.6. The van der Waals surface area contributed by atoms with E-state index in [2.05, 4.69) is 20.3 Å². The normalized spacial score (nSPS) is 15.9. The monoisotopic (exact) mass is 304 g/mol. The summed E-state index contributed by atoms with van der Waals surface area (Å²) in [7, 11) is 0. The Balaban J connectivity index is 1.73. The predicted molar refractivity (Wildman–Crippen MR) is 90.6 cm³/mol. The number of hydrogen-bond donors (Lipinski definition) is 3. The molecule has 0 radical (unpaired) electrons. The Kier molecular flexibility index (Phi) is 3.08. The number of nitrogens with zero attached hydrogens (tertiary/aromatic N) is 3. The summed E-state index contributed by atoms with van der Waals surface area (Å²) in [5, 5.41) is 3.46. The van der Waals surface area contributed by atoms with Gasteiger partial charge in [0.15, 0.2) is 0 Å². The maximum absolute atomic E-state index is 5.81. The third-order valence-corrected chi connectivity index (χ3v) is 4.07. The van der Waals surface area contributed by atoms with Crippen molar-refractivity contribution in [2.45, 2.75) is 12.5 Å². The van der Waals surface area contributed by atoms with Crippen LogP contribution >= 0.6 is 0 Å². The van der Waals surface area contributed by atoms with Crippen LogP contribution in [-0.4, -0.2) is 15.0 Å². The van der Waals surface area contributed by atoms with Crippen molar-refractivity contribution in [3.63, 3.8) is 0 Å². The molecule has 23 heavy (non-hydrogen) atoms. The van der Waals surface area contributed by atoms with E-state index in [0.29, 0.717) is 11.6 Å². The molecule has 4 rings (SSSR count). The molecule has 1 aliphatic rings. The maximum Gasteiger partial charge on any atom is 0.130 e. The van der Waals surface area contributed by atoms with E-state index in [1.54, 1.807) is 18.6 Å². The van der Waals surface area contributed by atoms with Crippen LogP contribution in [0.4, 0.5) is 17.5 Å². The summed E-state index contributed by atoms with van der Waals surface area (Å²) < 4.78 is 0. The summed E-state index contributed by atoms with van der Waals surface area (Å²) in [6.07, 6.45) is 6.10. The summed E-state index contributed by atoms with van der Waals surface area (Å²) in [6, 6.07) is 9.87. The molecule has 0 spiro atoms. The van der Waals surface area contributed by atoms with Gasteiger partial charge in [0.05, 0.1) is 6.04 Å². The van der Waals surface area contributed by atoms with E-state index in [9.17, 15) is 0 Å². The van der Waals surface area contributed by atoms with Crippen LogP contribution in [0.5, 0.6) is 0 Å². The zero-order valence-corrected chi connectivity index (χ0v) is 12.4. The largest absolute Gasteiger partial charge is 0.384 e. The lowest BCUT2D eigenvalue weighted by atomic mass is 9.97. The molecule has 0 fully saturated rings. The van der Waals surface area contributed by atoms with Crippen LogP contribution in [0.25, 0.3) is 11.1 Å². The van der Waals surface area contributed by atoms with E-state index in [4.69, 9.17) is 11.5 Å². The molecule has 0 bridgehead atoms. The molecule has 5 N–H and O–H groups in total. The second-order valence-electron chi connectivity index (χ2n) is 5.57. The molecular formula is C17H16N6. The standard InChI is InChI=1S/C17H16N6/c18-15-7-10(1-4-20-15)12-3-6-22-17-13(12)9-14(23-17)11-2-5-21-16(19)8-11/h1-8,14H,9H2,(H2,18,20)(H2,19,21)(H,22,23). The van der Waals surface area contributed by atoms with Crippen LogP contribution in [0.15, 0.2) is 48.9 Å². The Labute approximate surface area is 133 Å². The number of hydrogen-bond acceptors (Lipinski definition) is 6. The molecule has 6 heteroatoms. The van der Waals surface area contributed by atoms with Crippen molar-refractivity contribution in [3.05, 3.63) is 60.0 Å². The van der Waals surface area contributed by atoms with E-state index >= 15 is 0 Å². The van der Waals surface area contributed by atoms with Crippen molar-refractivity contribution >= 4 is 17.5 Å². The van der Waals surface area contributed by atoms with Gasteiger partial charge < -0.3 is 16.8 Å². The van der Waals surface area contributed by atoms with Gasteiger partial charge in [-0.1, -0.05) is 0 Å². The van der Waals surface area contributed by atoms with Gasteiger partial charge in [0.1, 0.15) is 17.5 Å².